The lowest BCUT2D eigenvalue weighted by atomic mass is 9.99. The lowest BCUT2D eigenvalue weighted by Gasteiger charge is -2.31. The predicted molar refractivity (Wildman–Crippen MR) is 104 cm³/mol. The van der Waals surface area contributed by atoms with Gasteiger partial charge in [-0.1, -0.05) is 12.1 Å². The van der Waals surface area contributed by atoms with Gasteiger partial charge < -0.3 is 14.8 Å². The molecule has 0 amide bonds. The van der Waals surface area contributed by atoms with Crippen LogP contribution in [0.25, 0.3) is 0 Å². The van der Waals surface area contributed by atoms with Crippen LogP contribution in [0, 0.1) is 0 Å². The summed E-state index contributed by atoms with van der Waals surface area (Å²) in [5, 5.41) is 3.50. The molecule has 140 valence electrons. The summed E-state index contributed by atoms with van der Waals surface area (Å²) in [5.41, 5.74) is 2.37. The van der Waals surface area contributed by atoms with Crippen LogP contribution in [0.5, 0.6) is 11.5 Å². The molecule has 1 saturated heterocycles. The smallest absolute Gasteiger partial charge is 0.161 e. The van der Waals surface area contributed by atoms with Gasteiger partial charge >= 0.3 is 0 Å². The molecule has 2 heterocycles. The van der Waals surface area contributed by atoms with Crippen LogP contribution >= 0.6 is 0 Å². The summed E-state index contributed by atoms with van der Waals surface area (Å²) in [6, 6.07) is 12.7. The Hall–Kier alpha value is -2.11. The quantitative estimate of drug-likeness (QED) is 0.827. The third-order valence-electron chi connectivity index (χ3n) is 4.82. The van der Waals surface area contributed by atoms with Crippen molar-refractivity contribution >= 4 is 0 Å². The highest BCUT2D eigenvalue weighted by atomic mass is 16.5. The fourth-order valence-electron chi connectivity index (χ4n) is 3.52. The van der Waals surface area contributed by atoms with Crippen molar-refractivity contribution in [2.75, 3.05) is 39.9 Å². The molecule has 1 unspecified atom stereocenters. The molecule has 3 rings (SSSR count). The second-order valence-electron chi connectivity index (χ2n) is 6.52. The number of nitrogens with one attached hydrogen (secondary N) is 1. The van der Waals surface area contributed by atoms with E-state index in [4.69, 9.17) is 9.47 Å². The highest BCUT2D eigenvalue weighted by Crippen LogP contribution is 2.33. The number of hydrogen-bond acceptors (Lipinski definition) is 5. The van der Waals surface area contributed by atoms with Gasteiger partial charge in [0.05, 0.1) is 13.7 Å². The molecule has 1 fully saturated rings. The fourth-order valence-corrected chi connectivity index (χ4v) is 3.52. The topological polar surface area (TPSA) is 46.6 Å². The summed E-state index contributed by atoms with van der Waals surface area (Å²) in [6.45, 7) is 6.84. The van der Waals surface area contributed by atoms with E-state index in [0.29, 0.717) is 6.61 Å². The summed E-state index contributed by atoms with van der Waals surface area (Å²) < 4.78 is 11.3. The van der Waals surface area contributed by atoms with Crippen molar-refractivity contribution in [2.45, 2.75) is 25.8 Å². The molecule has 2 aromatic rings. The van der Waals surface area contributed by atoms with Gasteiger partial charge in [0.1, 0.15) is 0 Å². The summed E-state index contributed by atoms with van der Waals surface area (Å²) in [6.07, 6.45) is 3.92. The first-order valence-corrected chi connectivity index (χ1v) is 9.47. The molecule has 1 atom stereocenters. The van der Waals surface area contributed by atoms with Crippen molar-refractivity contribution in [3.8, 4) is 11.5 Å². The number of methoxy groups -OCH3 is 1. The number of nitrogens with zero attached hydrogens (tertiary/aromatic N) is 2. The molecular formula is C21H29N3O2. The van der Waals surface area contributed by atoms with Gasteiger partial charge in [0.15, 0.2) is 11.5 Å². The Labute approximate surface area is 156 Å². The van der Waals surface area contributed by atoms with Crippen LogP contribution < -0.4 is 14.8 Å². The minimum atomic E-state index is 0.273. The Morgan fingerprint density at radius 1 is 1.15 bits per heavy atom. The van der Waals surface area contributed by atoms with Gasteiger partial charge in [0.2, 0.25) is 0 Å². The first-order chi connectivity index (χ1) is 12.8. The maximum Gasteiger partial charge on any atom is 0.161 e. The molecule has 1 aromatic carbocycles. The highest BCUT2D eigenvalue weighted by Gasteiger charge is 2.23. The molecule has 26 heavy (non-hydrogen) atoms. The van der Waals surface area contributed by atoms with Crippen molar-refractivity contribution in [3.05, 3.63) is 53.9 Å². The van der Waals surface area contributed by atoms with Crippen LogP contribution in [0.2, 0.25) is 0 Å². The molecule has 1 aliphatic rings. The van der Waals surface area contributed by atoms with Crippen LogP contribution in [0.3, 0.4) is 0 Å². The first kappa shape index (κ1) is 18.7. The molecule has 1 aromatic heterocycles. The third-order valence-corrected chi connectivity index (χ3v) is 4.82. The van der Waals surface area contributed by atoms with E-state index in [9.17, 15) is 0 Å². The Bertz CT molecular complexity index is 670. The number of aromatic nitrogens is 1. The van der Waals surface area contributed by atoms with Crippen molar-refractivity contribution in [2.24, 2.45) is 0 Å². The van der Waals surface area contributed by atoms with E-state index in [2.05, 4.69) is 39.5 Å². The van der Waals surface area contributed by atoms with Crippen molar-refractivity contribution in [1.82, 2.24) is 15.2 Å². The predicted octanol–water partition coefficient (Wildman–Crippen LogP) is 3.07. The SMILES string of the molecule is CCOc1cc(C(Cc2ccccn2)N2CCCNCC2)ccc1OC. The van der Waals surface area contributed by atoms with Crippen molar-refractivity contribution in [3.63, 3.8) is 0 Å². The molecule has 0 aliphatic carbocycles. The maximum absolute atomic E-state index is 5.81. The van der Waals surface area contributed by atoms with Gasteiger partial charge in [-0.2, -0.15) is 0 Å². The number of hydrogen-bond donors (Lipinski definition) is 1. The van der Waals surface area contributed by atoms with E-state index in [1.807, 2.05) is 25.3 Å². The van der Waals surface area contributed by atoms with Crippen molar-refractivity contribution in [1.29, 1.82) is 0 Å². The number of rotatable bonds is 7. The Morgan fingerprint density at radius 3 is 2.85 bits per heavy atom. The second kappa shape index (κ2) is 9.55. The van der Waals surface area contributed by atoms with Crippen LogP contribution in [-0.2, 0) is 6.42 Å². The third kappa shape index (κ3) is 4.74. The average Bonchev–Trinajstić information content (AvgIpc) is 2.96. The highest BCUT2D eigenvalue weighted by molar-refractivity contribution is 5.44. The Balaban J connectivity index is 1.92. The summed E-state index contributed by atoms with van der Waals surface area (Å²) in [4.78, 5) is 7.12. The Morgan fingerprint density at radius 2 is 2.08 bits per heavy atom. The fraction of sp³-hybridized carbons (Fsp3) is 0.476. The zero-order valence-electron chi connectivity index (χ0n) is 15.8. The van der Waals surface area contributed by atoms with Gasteiger partial charge in [0, 0.05) is 44.0 Å². The Kier molecular flexibility index (Phi) is 6.86. The molecule has 5 nitrogen and oxygen atoms in total. The van der Waals surface area contributed by atoms with E-state index < -0.39 is 0 Å². The second-order valence-corrected chi connectivity index (χ2v) is 6.52. The molecule has 0 spiro atoms. The molecule has 1 N–H and O–H groups in total. The zero-order valence-corrected chi connectivity index (χ0v) is 15.8. The lowest BCUT2D eigenvalue weighted by Crippen LogP contribution is -2.33. The summed E-state index contributed by atoms with van der Waals surface area (Å²) in [7, 11) is 1.68. The molecule has 1 aliphatic heterocycles. The van der Waals surface area contributed by atoms with Gasteiger partial charge in [-0.25, -0.2) is 0 Å². The molecular weight excluding hydrogens is 326 g/mol. The monoisotopic (exact) mass is 355 g/mol. The summed E-state index contributed by atoms with van der Waals surface area (Å²) in [5.74, 6) is 1.59. The van der Waals surface area contributed by atoms with Gasteiger partial charge in [-0.05, 0) is 49.7 Å². The van der Waals surface area contributed by atoms with Crippen LogP contribution in [0.15, 0.2) is 42.6 Å². The standard InChI is InChI=1S/C21H29N3O2/c1-3-26-21-15-17(8-9-20(21)25-2)19(16-18-7-4-5-11-23-18)24-13-6-10-22-12-14-24/h4-5,7-9,11,15,19,22H,3,6,10,12-14,16H2,1-2H3. The lowest BCUT2D eigenvalue weighted by molar-refractivity contribution is 0.207. The van der Waals surface area contributed by atoms with E-state index in [1.165, 1.54) is 5.56 Å². The van der Waals surface area contributed by atoms with Crippen LogP contribution in [0.1, 0.15) is 30.6 Å². The van der Waals surface area contributed by atoms with E-state index in [-0.39, 0.29) is 6.04 Å². The molecule has 0 saturated carbocycles. The van der Waals surface area contributed by atoms with Crippen LogP contribution in [-0.4, -0.2) is 49.8 Å². The van der Waals surface area contributed by atoms with Gasteiger partial charge in [-0.3, -0.25) is 9.88 Å². The van der Waals surface area contributed by atoms with Gasteiger partial charge in [-0.15, -0.1) is 0 Å². The maximum atomic E-state index is 5.81. The first-order valence-electron chi connectivity index (χ1n) is 9.47. The normalized spacial score (nSPS) is 16.7. The minimum Gasteiger partial charge on any atom is -0.493 e. The summed E-state index contributed by atoms with van der Waals surface area (Å²) >= 11 is 0. The zero-order chi connectivity index (χ0) is 18.2. The number of pyridine rings is 1. The number of ether oxygens (including phenoxy) is 2. The molecule has 5 heteroatoms. The van der Waals surface area contributed by atoms with Crippen LogP contribution in [0.4, 0.5) is 0 Å². The number of benzene rings is 1. The van der Waals surface area contributed by atoms with E-state index >= 15 is 0 Å². The van der Waals surface area contributed by atoms with Crippen molar-refractivity contribution < 1.29 is 9.47 Å². The average molecular weight is 355 g/mol. The minimum absolute atomic E-state index is 0.273. The van der Waals surface area contributed by atoms with Gasteiger partial charge in [0.25, 0.3) is 0 Å². The largest absolute Gasteiger partial charge is 0.493 e. The molecule has 0 radical (unpaired) electrons. The van der Waals surface area contributed by atoms with E-state index in [0.717, 1.165) is 56.2 Å². The van der Waals surface area contributed by atoms with E-state index in [1.54, 1.807) is 7.11 Å². The molecule has 0 bridgehead atoms.